The maximum atomic E-state index is 7.00. The third-order valence-corrected chi connectivity index (χ3v) is 1.26. The van der Waals surface area contributed by atoms with E-state index < -0.39 is 0 Å². The lowest BCUT2D eigenvalue weighted by Gasteiger charge is -1.64. The Labute approximate surface area is 52.8 Å². The van der Waals surface area contributed by atoms with Crippen LogP contribution in [0.1, 0.15) is 5.69 Å². The number of hydrogen-bond acceptors (Lipinski definition) is 3. The fourth-order valence-electron chi connectivity index (χ4n) is 0.273. The quantitative estimate of drug-likeness (QED) is 0.571. The van der Waals surface area contributed by atoms with E-state index in [1.807, 2.05) is 17.8 Å². The van der Waals surface area contributed by atoms with Crippen LogP contribution < -0.4 is 0 Å². The lowest BCUT2D eigenvalue weighted by atomic mass is 10.6. The molecule has 3 heteroatoms. The number of nitrogens with zero attached hydrogens (tertiary/aromatic N) is 1. The minimum Gasteiger partial charge on any atom is -0.400 e. The molecule has 1 rings (SSSR count). The van der Waals surface area contributed by atoms with Gasteiger partial charge in [-0.25, -0.2) is 0 Å². The van der Waals surface area contributed by atoms with Gasteiger partial charge in [-0.1, -0.05) is 0 Å². The van der Waals surface area contributed by atoms with Crippen LogP contribution in [-0.2, 0) is 0 Å². The highest BCUT2D eigenvalue weighted by atomic mass is 32.1. The summed E-state index contributed by atoms with van der Waals surface area (Å²) in [4.78, 5) is 3.94. The molecule has 0 aliphatic heterocycles. The number of aryl methyl sites for hydroxylation is 1. The SMILES string of the molecule is CO.Cc1cscn1. The predicted molar refractivity (Wildman–Crippen MR) is 35.0 cm³/mol. The van der Waals surface area contributed by atoms with E-state index in [0.717, 1.165) is 12.8 Å². The molecule has 0 saturated heterocycles. The normalized spacial score (nSPS) is 7.38. The molecular weight excluding hydrogens is 122 g/mol. The molecule has 46 valence electrons. The van der Waals surface area contributed by atoms with Gasteiger partial charge in [0, 0.05) is 18.2 Å². The molecule has 1 aromatic heterocycles. The minimum absolute atomic E-state index is 1.00. The van der Waals surface area contributed by atoms with Gasteiger partial charge in [0.1, 0.15) is 0 Å². The van der Waals surface area contributed by atoms with E-state index in [1.165, 1.54) is 0 Å². The van der Waals surface area contributed by atoms with Crippen molar-refractivity contribution in [2.45, 2.75) is 6.92 Å². The highest BCUT2D eigenvalue weighted by Crippen LogP contribution is 1.95. The van der Waals surface area contributed by atoms with E-state index in [1.54, 1.807) is 11.3 Å². The van der Waals surface area contributed by atoms with Gasteiger partial charge < -0.3 is 5.11 Å². The zero-order valence-electron chi connectivity index (χ0n) is 4.96. The van der Waals surface area contributed by atoms with Crippen molar-refractivity contribution in [2.24, 2.45) is 0 Å². The highest BCUT2D eigenvalue weighted by Gasteiger charge is 1.76. The van der Waals surface area contributed by atoms with Crippen molar-refractivity contribution >= 4 is 11.3 Å². The second-order valence-corrected chi connectivity index (χ2v) is 1.85. The highest BCUT2D eigenvalue weighted by molar-refractivity contribution is 7.07. The molecule has 0 atom stereocenters. The standard InChI is InChI=1S/C4H5NS.CH4O/c1-4-2-6-3-5-4;1-2/h2-3H,1H3;2H,1H3. The molecule has 0 amide bonds. The molecule has 0 aromatic carbocycles. The summed E-state index contributed by atoms with van der Waals surface area (Å²) in [5.41, 5.74) is 2.94. The van der Waals surface area contributed by atoms with Gasteiger partial charge in [0.15, 0.2) is 0 Å². The second-order valence-electron chi connectivity index (χ2n) is 1.13. The first-order chi connectivity index (χ1) is 3.89. The maximum Gasteiger partial charge on any atom is 0.0794 e. The van der Waals surface area contributed by atoms with Gasteiger partial charge in [-0.2, -0.15) is 0 Å². The topological polar surface area (TPSA) is 33.1 Å². The number of hydrogen-bond donors (Lipinski definition) is 1. The molecule has 1 N–H and O–H groups in total. The fourth-order valence-corrected chi connectivity index (χ4v) is 0.819. The molecule has 0 bridgehead atoms. The zero-order chi connectivity index (χ0) is 6.41. The van der Waals surface area contributed by atoms with Crippen LogP contribution in [0.4, 0.5) is 0 Å². The van der Waals surface area contributed by atoms with Crippen molar-refractivity contribution < 1.29 is 5.11 Å². The van der Waals surface area contributed by atoms with Crippen molar-refractivity contribution in [1.29, 1.82) is 0 Å². The van der Waals surface area contributed by atoms with Crippen molar-refractivity contribution in [3.8, 4) is 0 Å². The van der Waals surface area contributed by atoms with Crippen LogP contribution in [0.5, 0.6) is 0 Å². The third kappa shape index (κ3) is 2.71. The minimum atomic E-state index is 1.00. The Morgan fingerprint density at radius 3 is 2.38 bits per heavy atom. The molecule has 0 radical (unpaired) electrons. The second kappa shape index (κ2) is 4.74. The molecule has 0 spiro atoms. The first kappa shape index (κ1) is 7.59. The van der Waals surface area contributed by atoms with Gasteiger partial charge >= 0.3 is 0 Å². The summed E-state index contributed by atoms with van der Waals surface area (Å²) >= 11 is 1.63. The number of rotatable bonds is 0. The summed E-state index contributed by atoms with van der Waals surface area (Å²) in [6.45, 7) is 1.98. The Morgan fingerprint density at radius 1 is 1.62 bits per heavy atom. The van der Waals surface area contributed by atoms with E-state index in [9.17, 15) is 0 Å². The van der Waals surface area contributed by atoms with Crippen LogP contribution in [-0.4, -0.2) is 17.2 Å². The van der Waals surface area contributed by atoms with Crippen LogP contribution in [0.2, 0.25) is 0 Å². The Balaban J connectivity index is 0.000000222. The van der Waals surface area contributed by atoms with Crippen LogP contribution >= 0.6 is 11.3 Å². The Bertz CT molecular complexity index is 116. The average Bonchev–Trinajstić information content (AvgIpc) is 2.24. The van der Waals surface area contributed by atoms with E-state index in [2.05, 4.69) is 4.98 Å². The van der Waals surface area contributed by atoms with E-state index in [-0.39, 0.29) is 0 Å². The Kier molecular flexibility index (Phi) is 4.50. The first-order valence-corrected chi connectivity index (χ1v) is 3.13. The van der Waals surface area contributed by atoms with Gasteiger partial charge in [-0.05, 0) is 6.92 Å². The van der Waals surface area contributed by atoms with E-state index in [0.29, 0.717) is 0 Å². The molecule has 1 aromatic rings. The molecule has 0 aliphatic carbocycles. The molecule has 0 fully saturated rings. The zero-order valence-corrected chi connectivity index (χ0v) is 5.77. The van der Waals surface area contributed by atoms with Crippen LogP contribution in [0.3, 0.4) is 0 Å². The largest absolute Gasteiger partial charge is 0.400 e. The molecule has 0 aliphatic rings. The first-order valence-electron chi connectivity index (χ1n) is 2.19. The van der Waals surface area contributed by atoms with Crippen LogP contribution in [0.15, 0.2) is 10.9 Å². The summed E-state index contributed by atoms with van der Waals surface area (Å²) in [5.74, 6) is 0. The molecular formula is C5H9NOS. The van der Waals surface area contributed by atoms with Crippen molar-refractivity contribution in [2.75, 3.05) is 7.11 Å². The smallest absolute Gasteiger partial charge is 0.0794 e. The van der Waals surface area contributed by atoms with Crippen LogP contribution in [0, 0.1) is 6.92 Å². The predicted octanol–water partition coefficient (Wildman–Crippen LogP) is 1.06. The van der Waals surface area contributed by atoms with Gasteiger partial charge in [-0.3, -0.25) is 4.98 Å². The van der Waals surface area contributed by atoms with Crippen molar-refractivity contribution in [3.63, 3.8) is 0 Å². The number of thiazole rings is 1. The summed E-state index contributed by atoms with van der Waals surface area (Å²) in [7, 11) is 1.00. The average molecular weight is 131 g/mol. The van der Waals surface area contributed by atoms with Crippen molar-refractivity contribution in [1.82, 2.24) is 4.98 Å². The van der Waals surface area contributed by atoms with Gasteiger partial charge in [0.2, 0.25) is 0 Å². The Hall–Kier alpha value is -0.410. The number of aromatic nitrogens is 1. The monoisotopic (exact) mass is 131 g/mol. The van der Waals surface area contributed by atoms with Gasteiger partial charge in [0.05, 0.1) is 5.51 Å². The van der Waals surface area contributed by atoms with Gasteiger partial charge in [-0.15, -0.1) is 11.3 Å². The lowest BCUT2D eigenvalue weighted by Crippen LogP contribution is -1.59. The lowest BCUT2D eigenvalue weighted by molar-refractivity contribution is 0.399. The summed E-state index contributed by atoms with van der Waals surface area (Å²) in [5, 5.41) is 9.01. The molecule has 1 heterocycles. The summed E-state index contributed by atoms with van der Waals surface area (Å²) in [6.07, 6.45) is 0. The van der Waals surface area contributed by atoms with E-state index >= 15 is 0 Å². The summed E-state index contributed by atoms with van der Waals surface area (Å²) < 4.78 is 0. The summed E-state index contributed by atoms with van der Waals surface area (Å²) in [6, 6.07) is 0. The van der Waals surface area contributed by atoms with Gasteiger partial charge in [0.25, 0.3) is 0 Å². The molecule has 8 heavy (non-hydrogen) atoms. The van der Waals surface area contributed by atoms with E-state index in [4.69, 9.17) is 5.11 Å². The number of aliphatic hydroxyl groups excluding tert-OH is 1. The third-order valence-electron chi connectivity index (χ3n) is 0.556. The molecule has 0 unspecified atom stereocenters. The Morgan fingerprint density at radius 2 is 2.25 bits per heavy atom. The molecule has 2 nitrogen and oxygen atoms in total. The fraction of sp³-hybridized carbons (Fsp3) is 0.400. The van der Waals surface area contributed by atoms with Crippen molar-refractivity contribution in [3.05, 3.63) is 16.6 Å². The maximum absolute atomic E-state index is 7.00. The molecule has 0 saturated carbocycles. The van der Waals surface area contributed by atoms with Crippen LogP contribution in [0.25, 0.3) is 0 Å². The number of aliphatic hydroxyl groups is 1.